The van der Waals surface area contributed by atoms with E-state index in [0.717, 1.165) is 0 Å². The number of phenols is 2. The molecule has 0 amide bonds. The van der Waals surface area contributed by atoms with Gasteiger partial charge in [0.2, 0.25) is 0 Å². The number of rotatable bonds is 5. The summed E-state index contributed by atoms with van der Waals surface area (Å²) in [6.45, 7) is 0. The van der Waals surface area contributed by atoms with E-state index in [4.69, 9.17) is 0 Å². The molecule has 30 heavy (non-hydrogen) atoms. The summed E-state index contributed by atoms with van der Waals surface area (Å²) in [5, 5.41) is 20.5. The van der Waals surface area contributed by atoms with Gasteiger partial charge in [0.25, 0.3) is 0 Å². The van der Waals surface area contributed by atoms with Gasteiger partial charge in [0.1, 0.15) is 11.5 Å². The van der Waals surface area contributed by atoms with Crippen molar-refractivity contribution in [2.75, 3.05) is 0 Å². The lowest BCUT2D eigenvalue weighted by Gasteiger charge is -2.10. The Kier molecular flexibility index (Phi) is 5.14. The lowest BCUT2D eigenvalue weighted by atomic mass is 9.94. The van der Waals surface area contributed by atoms with E-state index in [-0.39, 0.29) is 34.2 Å². The van der Waals surface area contributed by atoms with E-state index in [9.17, 15) is 19.8 Å². The van der Waals surface area contributed by atoms with Gasteiger partial charge in [-0.1, -0.05) is 72.8 Å². The highest BCUT2D eigenvalue weighted by atomic mass is 16.3. The van der Waals surface area contributed by atoms with Gasteiger partial charge < -0.3 is 10.2 Å². The Labute approximate surface area is 173 Å². The Morgan fingerprint density at radius 2 is 0.867 bits per heavy atom. The zero-order chi connectivity index (χ0) is 21.1. The van der Waals surface area contributed by atoms with Gasteiger partial charge in [0.05, 0.1) is 11.1 Å². The molecule has 0 aliphatic carbocycles. The monoisotopic (exact) mass is 394 g/mol. The molecule has 0 aliphatic heterocycles. The minimum atomic E-state index is -0.297. The molecule has 0 heterocycles. The van der Waals surface area contributed by atoms with Crippen molar-refractivity contribution in [2.45, 2.75) is 0 Å². The van der Waals surface area contributed by atoms with E-state index < -0.39 is 0 Å². The van der Waals surface area contributed by atoms with E-state index in [1.807, 2.05) is 12.1 Å². The summed E-state index contributed by atoms with van der Waals surface area (Å²) in [6.07, 6.45) is 0. The third-order valence-corrected chi connectivity index (χ3v) is 4.89. The minimum Gasteiger partial charge on any atom is -0.507 e. The topological polar surface area (TPSA) is 74.6 Å². The lowest BCUT2D eigenvalue weighted by Crippen LogP contribution is -2.03. The highest BCUT2D eigenvalue weighted by molar-refractivity contribution is 6.12. The number of ketones is 2. The number of benzene rings is 4. The van der Waals surface area contributed by atoms with Crippen LogP contribution in [0, 0.1) is 0 Å². The molecular weight excluding hydrogens is 376 g/mol. The van der Waals surface area contributed by atoms with Gasteiger partial charge >= 0.3 is 0 Å². The maximum atomic E-state index is 12.8. The number of carbonyl (C=O) groups excluding carboxylic acids is 2. The molecule has 4 aromatic carbocycles. The van der Waals surface area contributed by atoms with Crippen molar-refractivity contribution in [1.82, 2.24) is 0 Å². The number of hydrogen-bond acceptors (Lipinski definition) is 4. The van der Waals surface area contributed by atoms with Crippen molar-refractivity contribution in [3.05, 3.63) is 119 Å². The summed E-state index contributed by atoms with van der Waals surface area (Å²) in [5.74, 6) is -0.831. The fourth-order valence-corrected chi connectivity index (χ4v) is 3.29. The predicted molar refractivity (Wildman–Crippen MR) is 115 cm³/mol. The van der Waals surface area contributed by atoms with E-state index in [1.54, 1.807) is 72.8 Å². The van der Waals surface area contributed by atoms with Gasteiger partial charge in [-0.2, -0.15) is 0 Å². The van der Waals surface area contributed by atoms with Crippen LogP contribution in [0.4, 0.5) is 0 Å². The van der Waals surface area contributed by atoms with Crippen LogP contribution in [0.15, 0.2) is 97.1 Å². The summed E-state index contributed by atoms with van der Waals surface area (Å²) in [4.78, 5) is 25.6. The first-order chi connectivity index (χ1) is 14.5. The highest BCUT2D eigenvalue weighted by Gasteiger charge is 2.17. The van der Waals surface area contributed by atoms with Crippen LogP contribution >= 0.6 is 0 Å². The normalized spacial score (nSPS) is 10.5. The second-order valence-corrected chi connectivity index (χ2v) is 6.85. The molecule has 0 bridgehead atoms. The molecule has 4 rings (SSSR count). The van der Waals surface area contributed by atoms with Gasteiger partial charge in [0.15, 0.2) is 11.6 Å². The molecule has 0 spiro atoms. The quantitative estimate of drug-likeness (QED) is 0.455. The van der Waals surface area contributed by atoms with Crippen LogP contribution in [0.1, 0.15) is 31.8 Å². The van der Waals surface area contributed by atoms with Gasteiger partial charge in [-0.3, -0.25) is 9.59 Å². The molecule has 2 N–H and O–H groups in total. The molecule has 4 aromatic rings. The summed E-state index contributed by atoms with van der Waals surface area (Å²) in [5.41, 5.74) is 2.57. The fourth-order valence-electron chi connectivity index (χ4n) is 3.29. The smallest absolute Gasteiger partial charge is 0.196 e. The van der Waals surface area contributed by atoms with Crippen molar-refractivity contribution in [2.24, 2.45) is 0 Å². The van der Waals surface area contributed by atoms with Crippen LogP contribution in [-0.2, 0) is 0 Å². The first-order valence-corrected chi connectivity index (χ1v) is 9.40. The number of phenolic OH excluding ortho intramolecular Hbond substituents is 2. The van der Waals surface area contributed by atoms with Crippen LogP contribution < -0.4 is 0 Å². The fraction of sp³-hybridized carbons (Fsp3) is 0. The van der Waals surface area contributed by atoms with Gasteiger partial charge in [-0.25, -0.2) is 0 Å². The molecule has 0 saturated heterocycles. The first kappa shape index (κ1) is 19.2. The largest absolute Gasteiger partial charge is 0.507 e. The third-order valence-electron chi connectivity index (χ3n) is 4.89. The van der Waals surface area contributed by atoms with Crippen LogP contribution in [0.2, 0.25) is 0 Å². The van der Waals surface area contributed by atoms with E-state index in [2.05, 4.69) is 0 Å². The maximum absolute atomic E-state index is 12.8. The average Bonchev–Trinajstić information content (AvgIpc) is 2.80. The molecule has 0 radical (unpaired) electrons. The van der Waals surface area contributed by atoms with E-state index >= 15 is 0 Å². The predicted octanol–water partition coefficient (Wildman–Crippen LogP) is 5.23. The van der Waals surface area contributed by atoms with Crippen LogP contribution in [0.25, 0.3) is 11.1 Å². The molecule has 0 aliphatic rings. The van der Waals surface area contributed by atoms with Crippen LogP contribution in [0.3, 0.4) is 0 Å². The Morgan fingerprint density at radius 1 is 0.500 bits per heavy atom. The molecule has 4 heteroatoms. The highest BCUT2D eigenvalue weighted by Crippen LogP contribution is 2.31. The number of hydrogen-bond donors (Lipinski definition) is 2. The summed E-state index contributed by atoms with van der Waals surface area (Å²) >= 11 is 0. The summed E-state index contributed by atoms with van der Waals surface area (Å²) in [7, 11) is 0. The zero-order valence-corrected chi connectivity index (χ0v) is 15.9. The second kappa shape index (κ2) is 8.05. The molecule has 0 aromatic heterocycles. The van der Waals surface area contributed by atoms with Crippen molar-refractivity contribution in [3.8, 4) is 22.6 Å². The Morgan fingerprint density at radius 3 is 1.23 bits per heavy atom. The van der Waals surface area contributed by atoms with Crippen LogP contribution in [0.5, 0.6) is 11.5 Å². The third kappa shape index (κ3) is 3.71. The average molecular weight is 394 g/mol. The lowest BCUT2D eigenvalue weighted by molar-refractivity contribution is 0.102. The van der Waals surface area contributed by atoms with Crippen molar-refractivity contribution in [1.29, 1.82) is 0 Å². The summed E-state index contributed by atoms with van der Waals surface area (Å²) < 4.78 is 0. The van der Waals surface area contributed by atoms with Crippen molar-refractivity contribution >= 4 is 11.6 Å². The van der Waals surface area contributed by atoms with E-state index in [0.29, 0.717) is 22.3 Å². The van der Waals surface area contributed by atoms with Crippen LogP contribution in [-0.4, -0.2) is 21.8 Å². The van der Waals surface area contributed by atoms with Gasteiger partial charge in [0, 0.05) is 11.1 Å². The molecule has 4 nitrogen and oxygen atoms in total. The molecule has 0 saturated carbocycles. The standard InChI is InChI=1S/C26H18O4/c27-23-13-11-19(15-21(23)25(29)17-7-3-1-4-8-17)20-12-14-24(28)22(16-20)26(30)18-9-5-2-6-10-18/h1-16,27-28H. The van der Waals surface area contributed by atoms with Gasteiger partial charge in [-0.05, 0) is 35.4 Å². The minimum absolute atomic E-state index is 0.119. The number of carbonyl (C=O) groups is 2. The van der Waals surface area contributed by atoms with E-state index in [1.165, 1.54) is 12.1 Å². The molecular formula is C26H18O4. The second-order valence-electron chi connectivity index (χ2n) is 6.85. The zero-order valence-electron chi connectivity index (χ0n) is 15.9. The molecule has 146 valence electrons. The van der Waals surface area contributed by atoms with Gasteiger partial charge in [-0.15, -0.1) is 0 Å². The van der Waals surface area contributed by atoms with Crippen molar-refractivity contribution < 1.29 is 19.8 Å². The Balaban J connectivity index is 1.75. The molecule has 0 fully saturated rings. The maximum Gasteiger partial charge on any atom is 0.196 e. The SMILES string of the molecule is O=C(c1ccccc1)c1cc(-c2ccc(O)c(C(=O)c3ccccc3)c2)ccc1O. The Hall–Kier alpha value is -4.18. The molecule has 0 atom stereocenters. The van der Waals surface area contributed by atoms with Crippen molar-refractivity contribution in [3.63, 3.8) is 0 Å². The molecule has 0 unspecified atom stereocenters. The number of aromatic hydroxyl groups is 2. The Bertz CT molecular complexity index is 1130. The summed E-state index contributed by atoms with van der Waals surface area (Å²) in [6, 6.07) is 26.8. The first-order valence-electron chi connectivity index (χ1n) is 9.40.